The zero-order chi connectivity index (χ0) is 56.4. The number of carbonyl (C=O) groups is 2. The third-order valence-electron chi connectivity index (χ3n) is 12.0. The monoisotopic (exact) mass is 1080 g/mol. The lowest BCUT2D eigenvalue weighted by Crippen LogP contribution is -2.47. The number of allylic oxidation sites excluding steroid dienone is 25. The Bertz CT molecular complexity index is 1870. The summed E-state index contributed by atoms with van der Waals surface area (Å²) < 4.78 is 30.1. The molecule has 0 fully saturated rings. The highest BCUT2D eigenvalue weighted by Gasteiger charge is 2.27. The highest BCUT2D eigenvalue weighted by atomic mass is 31.2. The van der Waals surface area contributed by atoms with Crippen LogP contribution < -0.4 is 10.2 Å². The number of phosphoric acid groups is 1. The standard InChI is InChI=1S/C67H109N2O7P/c1-7-10-13-16-19-22-25-27-29-31-33-34-36-37-39-41-44-47-50-53-56-59-66(70)68-64(63-75-77(72,73)74-62-61-69(4,5)6)65(58-55-52-49-46-43-24-21-18-15-12-9-3)76-67(71)60-57-54-51-48-45-42-40-38-35-32-30-28-26-23-20-17-14-11-8-2/h10-11,13-14,19-20,22-23,27-30,33-35,37-39,42,44-45,47,51,54-55,58,64-65H,7-9,12,15-18,21,24-26,31-32,36,40-41,43,46,48-50,52-53,56-57,59-63H2,1-6H3,(H-,68,70,72,73)/b13-10-,14-11-,22-19-,23-20-,29-27-,30-28-,34-33-,38-35-,39-37-,45-42-,47-44-,54-51-,58-55+. The first-order valence-electron chi connectivity index (χ1n) is 29.8. The Hall–Kier alpha value is -4.37. The number of hydrogen-bond donors (Lipinski definition) is 1. The summed E-state index contributed by atoms with van der Waals surface area (Å²) in [5.41, 5.74) is 0. The molecule has 0 spiro atoms. The van der Waals surface area contributed by atoms with Crippen LogP contribution in [0.1, 0.15) is 201 Å². The van der Waals surface area contributed by atoms with E-state index >= 15 is 0 Å². The van der Waals surface area contributed by atoms with Gasteiger partial charge in [0.15, 0.2) is 0 Å². The van der Waals surface area contributed by atoms with Crippen LogP contribution in [0, 0.1) is 0 Å². The molecule has 0 aliphatic heterocycles. The molecule has 0 aromatic heterocycles. The number of nitrogens with one attached hydrogen (secondary N) is 1. The van der Waals surface area contributed by atoms with Crippen LogP contribution >= 0.6 is 7.82 Å². The van der Waals surface area contributed by atoms with Crippen molar-refractivity contribution in [3.63, 3.8) is 0 Å². The van der Waals surface area contributed by atoms with Crippen molar-refractivity contribution in [2.24, 2.45) is 0 Å². The van der Waals surface area contributed by atoms with Gasteiger partial charge in [-0.15, -0.1) is 0 Å². The van der Waals surface area contributed by atoms with Crippen molar-refractivity contribution in [3.8, 4) is 0 Å². The van der Waals surface area contributed by atoms with E-state index in [-0.39, 0.29) is 25.4 Å². The average molecular weight is 1090 g/mol. The highest BCUT2D eigenvalue weighted by Crippen LogP contribution is 2.38. The average Bonchev–Trinajstić information content (AvgIpc) is 3.39. The van der Waals surface area contributed by atoms with Gasteiger partial charge >= 0.3 is 5.97 Å². The predicted octanol–water partition coefficient (Wildman–Crippen LogP) is 17.8. The van der Waals surface area contributed by atoms with E-state index in [4.69, 9.17) is 13.8 Å². The third-order valence-corrected chi connectivity index (χ3v) is 12.9. The van der Waals surface area contributed by atoms with Gasteiger partial charge in [0.1, 0.15) is 19.3 Å². The number of quaternary nitrogens is 1. The van der Waals surface area contributed by atoms with Crippen LogP contribution in [0.25, 0.3) is 0 Å². The number of amides is 1. The molecule has 0 aliphatic carbocycles. The lowest BCUT2D eigenvalue weighted by Gasteiger charge is -2.30. The Balaban J connectivity index is 5.48. The number of carbonyl (C=O) groups excluding carboxylic acids is 2. The topological polar surface area (TPSA) is 114 Å². The smallest absolute Gasteiger partial charge is 0.306 e. The fourth-order valence-electron chi connectivity index (χ4n) is 7.43. The van der Waals surface area contributed by atoms with Gasteiger partial charge in [0.2, 0.25) is 5.91 Å². The summed E-state index contributed by atoms with van der Waals surface area (Å²) in [4.78, 5) is 39.9. The number of esters is 1. The van der Waals surface area contributed by atoms with Crippen molar-refractivity contribution >= 4 is 19.7 Å². The number of nitrogens with zero attached hydrogens (tertiary/aromatic N) is 1. The zero-order valence-corrected chi connectivity index (χ0v) is 50.2. The van der Waals surface area contributed by atoms with Crippen molar-refractivity contribution in [1.29, 1.82) is 0 Å². The molecule has 0 saturated heterocycles. The van der Waals surface area contributed by atoms with Gasteiger partial charge in [-0.25, -0.2) is 0 Å². The van der Waals surface area contributed by atoms with Crippen molar-refractivity contribution in [1.82, 2.24) is 5.32 Å². The lowest BCUT2D eigenvalue weighted by atomic mass is 10.1. The Labute approximate surface area is 471 Å². The number of phosphoric ester groups is 1. The van der Waals surface area contributed by atoms with E-state index in [1.165, 1.54) is 44.9 Å². The second-order valence-electron chi connectivity index (χ2n) is 20.4. The van der Waals surface area contributed by atoms with Crippen molar-refractivity contribution in [2.75, 3.05) is 40.9 Å². The Morgan fingerprint density at radius 1 is 0.468 bits per heavy atom. The second kappa shape index (κ2) is 55.0. The predicted molar refractivity (Wildman–Crippen MR) is 329 cm³/mol. The summed E-state index contributed by atoms with van der Waals surface area (Å²) in [6, 6.07) is -0.954. The molecule has 10 heteroatoms. The molecule has 0 aromatic carbocycles. The molecule has 0 aromatic rings. The number of likely N-dealkylation sites (N-methyl/N-ethyl adjacent to an activating group) is 1. The van der Waals surface area contributed by atoms with E-state index in [1.54, 1.807) is 6.08 Å². The fourth-order valence-corrected chi connectivity index (χ4v) is 8.15. The Kier molecular flexibility index (Phi) is 51.8. The zero-order valence-electron chi connectivity index (χ0n) is 49.3. The molecule has 3 unspecified atom stereocenters. The molecule has 0 bridgehead atoms. The first-order valence-corrected chi connectivity index (χ1v) is 31.3. The maximum Gasteiger partial charge on any atom is 0.306 e. The maximum absolute atomic E-state index is 13.5. The normalized spacial score (nSPS) is 14.8. The molecule has 0 rings (SSSR count). The maximum atomic E-state index is 13.5. The molecule has 0 radical (unpaired) electrons. The van der Waals surface area contributed by atoms with Crippen LogP contribution in [0.5, 0.6) is 0 Å². The van der Waals surface area contributed by atoms with E-state index < -0.39 is 32.5 Å². The van der Waals surface area contributed by atoms with Crippen molar-refractivity contribution in [3.05, 3.63) is 158 Å². The molecule has 0 heterocycles. The molecular weight excluding hydrogens is 976 g/mol. The van der Waals surface area contributed by atoms with Gasteiger partial charge in [0, 0.05) is 12.8 Å². The van der Waals surface area contributed by atoms with E-state index in [0.29, 0.717) is 23.9 Å². The molecule has 9 nitrogen and oxygen atoms in total. The summed E-state index contributed by atoms with van der Waals surface area (Å²) in [6.45, 7) is 6.49. The SMILES string of the molecule is CC/C=C\C/C=C\C/C=C\C/C=C\C/C=C\C/C=C\CCCCC(=O)NC(COP(=O)([O-])OCC[N+](C)(C)C)C(/C=C/CCCCCCCCCCC)OC(=O)CC/C=C\C/C=C\C/C=C\C/C=C\C/C=C\C/C=C\CC. The molecule has 77 heavy (non-hydrogen) atoms. The minimum Gasteiger partial charge on any atom is -0.756 e. The minimum atomic E-state index is -4.74. The van der Waals surface area contributed by atoms with E-state index in [1.807, 2.05) is 39.4 Å². The first kappa shape index (κ1) is 72.6. The van der Waals surface area contributed by atoms with Crippen LogP contribution in [0.2, 0.25) is 0 Å². The Morgan fingerprint density at radius 2 is 0.844 bits per heavy atom. The van der Waals surface area contributed by atoms with Gasteiger partial charge in [0.05, 0.1) is 33.8 Å². The number of rotatable bonds is 51. The molecule has 0 aliphatic rings. The van der Waals surface area contributed by atoms with Crippen LogP contribution in [-0.4, -0.2) is 69.4 Å². The second-order valence-corrected chi connectivity index (χ2v) is 21.8. The summed E-state index contributed by atoms with van der Waals surface area (Å²) >= 11 is 0. The van der Waals surface area contributed by atoms with E-state index in [2.05, 4.69) is 160 Å². The molecule has 1 N–H and O–H groups in total. The third kappa shape index (κ3) is 56.2. The van der Waals surface area contributed by atoms with Crippen molar-refractivity contribution < 1.29 is 37.3 Å². The lowest BCUT2D eigenvalue weighted by molar-refractivity contribution is -0.870. The van der Waals surface area contributed by atoms with Gasteiger partial charge in [-0.1, -0.05) is 224 Å². The summed E-state index contributed by atoms with van der Waals surface area (Å²) in [5.74, 6) is -0.707. The number of ether oxygens (including phenoxy) is 1. The van der Waals surface area contributed by atoms with Gasteiger partial charge in [-0.2, -0.15) is 0 Å². The van der Waals surface area contributed by atoms with Gasteiger partial charge in [0.25, 0.3) is 7.82 Å². The number of unbranched alkanes of at least 4 members (excludes halogenated alkanes) is 11. The van der Waals surface area contributed by atoms with Gasteiger partial charge in [-0.3, -0.25) is 14.2 Å². The summed E-state index contributed by atoms with van der Waals surface area (Å²) in [7, 11) is 1.09. The highest BCUT2D eigenvalue weighted by molar-refractivity contribution is 7.45. The quantitative estimate of drug-likeness (QED) is 0.0212. The first-order chi connectivity index (χ1) is 37.4. The minimum absolute atomic E-state index is 0.0519. The van der Waals surface area contributed by atoms with E-state index in [0.717, 1.165) is 109 Å². The summed E-state index contributed by atoms with van der Waals surface area (Å²) in [6.07, 6.45) is 80.9. The van der Waals surface area contributed by atoms with Gasteiger partial charge in [-0.05, 0) is 122 Å². The molecular formula is C67H109N2O7P. The largest absolute Gasteiger partial charge is 0.756 e. The van der Waals surface area contributed by atoms with E-state index in [9.17, 15) is 19.0 Å². The molecule has 0 saturated carbocycles. The van der Waals surface area contributed by atoms with Crippen molar-refractivity contribution in [2.45, 2.75) is 213 Å². The molecule has 434 valence electrons. The molecule has 1 amide bonds. The van der Waals surface area contributed by atoms with Gasteiger partial charge < -0.3 is 28.5 Å². The Morgan fingerprint density at radius 3 is 1.27 bits per heavy atom. The van der Waals surface area contributed by atoms with Crippen LogP contribution in [-0.2, 0) is 27.9 Å². The summed E-state index contributed by atoms with van der Waals surface area (Å²) in [5, 5.41) is 2.97. The van der Waals surface area contributed by atoms with Crippen LogP contribution in [0.4, 0.5) is 0 Å². The number of hydrogen-bond acceptors (Lipinski definition) is 7. The fraction of sp³-hybridized carbons (Fsp3) is 0.582. The molecule has 3 atom stereocenters. The van der Waals surface area contributed by atoms with Crippen LogP contribution in [0.3, 0.4) is 0 Å². The van der Waals surface area contributed by atoms with Crippen LogP contribution in [0.15, 0.2) is 158 Å².